The lowest BCUT2D eigenvalue weighted by molar-refractivity contribution is -0.0739. The van der Waals surface area contributed by atoms with Crippen LogP contribution in [0.5, 0.6) is 0 Å². The van der Waals surface area contributed by atoms with E-state index < -0.39 is 0 Å². The van der Waals surface area contributed by atoms with Crippen molar-refractivity contribution < 1.29 is 14.3 Å². The summed E-state index contributed by atoms with van der Waals surface area (Å²) in [5.74, 6) is 0.392. The molecule has 1 amide bonds. The highest BCUT2D eigenvalue weighted by atomic mass is 32.1. The molecule has 0 spiro atoms. The molecule has 2 fully saturated rings. The molecular weight excluding hydrogens is 288 g/mol. The monoisotopic (exact) mass is 308 g/mol. The van der Waals surface area contributed by atoms with Crippen molar-refractivity contribution in [3.63, 3.8) is 0 Å². The first kappa shape index (κ1) is 14.7. The van der Waals surface area contributed by atoms with Crippen molar-refractivity contribution in [2.75, 3.05) is 26.4 Å². The summed E-state index contributed by atoms with van der Waals surface area (Å²) in [5, 5.41) is 1.81. The number of hydrogen-bond donors (Lipinski definition) is 0. The maximum atomic E-state index is 12.5. The third kappa shape index (κ3) is 3.02. The molecule has 2 heterocycles. The number of rotatable bonds is 5. The van der Waals surface area contributed by atoms with Gasteiger partial charge in [-0.3, -0.25) is 4.79 Å². The molecule has 3 atom stereocenters. The fourth-order valence-electron chi connectivity index (χ4n) is 3.26. The van der Waals surface area contributed by atoms with E-state index in [-0.39, 0.29) is 18.1 Å². The molecule has 1 aliphatic carbocycles. The number of morpholine rings is 1. The van der Waals surface area contributed by atoms with Gasteiger partial charge >= 0.3 is 0 Å². The van der Waals surface area contributed by atoms with Crippen LogP contribution in [0.3, 0.4) is 0 Å². The summed E-state index contributed by atoms with van der Waals surface area (Å²) < 4.78 is 11.5. The Morgan fingerprint density at radius 3 is 3.29 bits per heavy atom. The molecular formula is C15H20N2O3S. The largest absolute Gasteiger partial charge is 0.377 e. The number of aromatic nitrogens is 1. The van der Waals surface area contributed by atoms with Gasteiger partial charge in [0.25, 0.3) is 5.91 Å². The lowest BCUT2D eigenvalue weighted by Crippen LogP contribution is -2.53. The Kier molecular flexibility index (Phi) is 4.67. The average molecular weight is 308 g/mol. The van der Waals surface area contributed by atoms with E-state index in [2.05, 4.69) is 11.6 Å². The topological polar surface area (TPSA) is 51.7 Å². The van der Waals surface area contributed by atoms with Crippen LogP contribution < -0.4 is 0 Å². The molecule has 1 saturated carbocycles. The zero-order chi connectivity index (χ0) is 14.7. The number of carbonyl (C=O) groups excluding carboxylic acids is 1. The third-order valence-electron chi connectivity index (χ3n) is 4.20. The lowest BCUT2D eigenvalue weighted by atomic mass is 10.0. The molecule has 1 aliphatic heterocycles. The minimum Gasteiger partial charge on any atom is -0.377 e. The minimum atomic E-state index is 0.0298. The van der Waals surface area contributed by atoms with Crippen molar-refractivity contribution in [1.82, 2.24) is 9.88 Å². The number of thiazole rings is 1. The van der Waals surface area contributed by atoms with Crippen LogP contribution in [0.25, 0.3) is 0 Å². The van der Waals surface area contributed by atoms with E-state index in [4.69, 9.17) is 9.47 Å². The summed E-state index contributed by atoms with van der Waals surface area (Å²) in [7, 11) is 0. The van der Waals surface area contributed by atoms with E-state index in [0.717, 1.165) is 12.8 Å². The average Bonchev–Trinajstić information content (AvgIpc) is 3.16. The molecule has 0 bridgehead atoms. The van der Waals surface area contributed by atoms with Gasteiger partial charge < -0.3 is 14.4 Å². The predicted molar refractivity (Wildman–Crippen MR) is 80.4 cm³/mol. The van der Waals surface area contributed by atoms with E-state index >= 15 is 0 Å². The number of ether oxygens (including phenoxy) is 2. The highest BCUT2D eigenvalue weighted by molar-refractivity contribution is 7.07. The van der Waals surface area contributed by atoms with Crippen LogP contribution in [0.4, 0.5) is 0 Å². The Labute approximate surface area is 128 Å². The van der Waals surface area contributed by atoms with Crippen molar-refractivity contribution in [3.8, 4) is 0 Å². The van der Waals surface area contributed by atoms with Gasteiger partial charge in [0.2, 0.25) is 0 Å². The number of amides is 1. The van der Waals surface area contributed by atoms with Crippen molar-refractivity contribution in [2.45, 2.75) is 25.0 Å². The van der Waals surface area contributed by atoms with E-state index in [1.54, 1.807) is 11.6 Å². The van der Waals surface area contributed by atoms with Crippen molar-refractivity contribution in [1.29, 1.82) is 0 Å². The number of fused-ring (bicyclic) bond motifs is 1. The summed E-state index contributed by atoms with van der Waals surface area (Å²) in [4.78, 5) is 18.6. The van der Waals surface area contributed by atoms with Crippen LogP contribution >= 0.6 is 11.3 Å². The molecule has 3 rings (SSSR count). The first-order chi connectivity index (χ1) is 10.3. The second-order valence-corrected chi connectivity index (χ2v) is 6.16. The van der Waals surface area contributed by atoms with Gasteiger partial charge in [-0.2, -0.15) is 0 Å². The highest BCUT2D eigenvalue weighted by Crippen LogP contribution is 2.35. The van der Waals surface area contributed by atoms with Crippen LogP contribution in [-0.4, -0.2) is 54.3 Å². The van der Waals surface area contributed by atoms with Crippen LogP contribution in [0, 0.1) is 5.92 Å². The van der Waals surface area contributed by atoms with Crippen molar-refractivity contribution >= 4 is 17.2 Å². The molecule has 0 radical (unpaired) electrons. The first-order valence-electron chi connectivity index (χ1n) is 7.30. The summed E-state index contributed by atoms with van der Waals surface area (Å²) >= 11 is 1.45. The summed E-state index contributed by atoms with van der Waals surface area (Å²) in [6, 6.07) is 0.158. The van der Waals surface area contributed by atoms with Gasteiger partial charge in [0.1, 0.15) is 5.69 Å². The second kappa shape index (κ2) is 6.68. The van der Waals surface area contributed by atoms with Gasteiger partial charge in [-0.15, -0.1) is 17.9 Å². The van der Waals surface area contributed by atoms with Crippen LogP contribution in [0.1, 0.15) is 23.3 Å². The van der Waals surface area contributed by atoms with E-state index in [9.17, 15) is 4.79 Å². The maximum Gasteiger partial charge on any atom is 0.273 e. The zero-order valence-electron chi connectivity index (χ0n) is 11.9. The quantitative estimate of drug-likeness (QED) is 0.616. The SMILES string of the molecule is C=CCOCC1CC[C@H]2[C@H]1OCCN2C(=O)c1cscn1. The number of carbonyl (C=O) groups is 1. The van der Waals surface area contributed by atoms with E-state index in [1.165, 1.54) is 11.3 Å². The van der Waals surface area contributed by atoms with Gasteiger partial charge in [0.05, 0.1) is 37.5 Å². The summed E-state index contributed by atoms with van der Waals surface area (Å²) in [6.07, 6.45) is 3.86. The molecule has 5 nitrogen and oxygen atoms in total. The zero-order valence-corrected chi connectivity index (χ0v) is 12.8. The summed E-state index contributed by atoms with van der Waals surface area (Å²) in [5.41, 5.74) is 2.25. The predicted octanol–water partition coefficient (Wildman–Crippen LogP) is 1.97. The Balaban J connectivity index is 1.66. The van der Waals surface area contributed by atoms with Crippen LogP contribution in [0.2, 0.25) is 0 Å². The minimum absolute atomic E-state index is 0.0298. The number of hydrogen-bond acceptors (Lipinski definition) is 5. The second-order valence-electron chi connectivity index (χ2n) is 5.44. The lowest BCUT2D eigenvalue weighted by Gasteiger charge is -2.39. The Hall–Kier alpha value is -1.24. The third-order valence-corrected chi connectivity index (χ3v) is 4.79. The van der Waals surface area contributed by atoms with Gasteiger partial charge in [0.15, 0.2) is 0 Å². The Morgan fingerprint density at radius 2 is 2.52 bits per heavy atom. The molecule has 1 unspecified atom stereocenters. The molecule has 1 saturated heterocycles. The molecule has 0 N–H and O–H groups in total. The summed E-state index contributed by atoms with van der Waals surface area (Å²) in [6.45, 7) is 6.14. The Morgan fingerprint density at radius 1 is 1.62 bits per heavy atom. The highest BCUT2D eigenvalue weighted by Gasteiger charge is 2.44. The van der Waals surface area contributed by atoms with Gasteiger partial charge in [-0.1, -0.05) is 6.08 Å². The fourth-order valence-corrected chi connectivity index (χ4v) is 3.79. The van der Waals surface area contributed by atoms with E-state index in [1.807, 2.05) is 10.3 Å². The number of nitrogens with zero attached hydrogens (tertiary/aromatic N) is 2. The van der Waals surface area contributed by atoms with Crippen LogP contribution in [-0.2, 0) is 9.47 Å². The van der Waals surface area contributed by atoms with Gasteiger partial charge in [0, 0.05) is 17.8 Å². The molecule has 21 heavy (non-hydrogen) atoms. The smallest absolute Gasteiger partial charge is 0.273 e. The molecule has 0 aromatic carbocycles. The molecule has 1 aromatic heterocycles. The van der Waals surface area contributed by atoms with Gasteiger partial charge in [-0.25, -0.2) is 4.98 Å². The fraction of sp³-hybridized carbons (Fsp3) is 0.600. The Bertz CT molecular complexity index is 491. The van der Waals surface area contributed by atoms with E-state index in [0.29, 0.717) is 38.0 Å². The van der Waals surface area contributed by atoms with Crippen molar-refractivity contribution in [2.24, 2.45) is 5.92 Å². The molecule has 114 valence electrons. The standard InChI is InChI=1S/C15H20N2O3S/c1-2-6-19-8-11-3-4-13-14(11)20-7-5-17(13)15(18)12-9-21-10-16-12/h2,9-11,13-14H,1,3-8H2/t11?,13-,14-/m0/s1. The van der Waals surface area contributed by atoms with Gasteiger partial charge in [-0.05, 0) is 12.8 Å². The first-order valence-corrected chi connectivity index (χ1v) is 8.25. The molecule has 1 aromatic rings. The maximum absolute atomic E-state index is 12.5. The normalized spacial score (nSPS) is 28.4. The molecule has 6 heteroatoms. The van der Waals surface area contributed by atoms with Crippen molar-refractivity contribution in [3.05, 3.63) is 29.2 Å². The molecule has 2 aliphatic rings. The van der Waals surface area contributed by atoms with Crippen LogP contribution in [0.15, 0.2) is 23.5 Å².